The van der Waals surface area contributed by atoms with Crippen LogP contribution >= 0.6 is 0 Å². The average molecular weight is 218 g/mol. The van der Waals surface area contributed by atoms with Crippen molar-refractivity contribution in [3.8, 4) is 5.75 Å². The molecule has 0 spiro atoms. The number of benzene rings is 1. The van der Waals surface area contributed by atoms with Gasteiger partial charge in [0.15, 0.2) is 0 Å². The molecule has 1 nitrogen and oxygen atoms in total. The molecule has 0 aromatic heterocycles. The van der Waals surface area contributed by atoms with Crippen molar-refractivity contribution in [3.05, 3.63) is 54.1 Å². The zero-order chi connectivity index (χ0) is 11.5. The molecule has 84 valence electrons. The van der Waals surface area contributed by atoms with Gasteiger partial charge in [-0.05, 0) is 48.3 Å². The molecule has 1 aliphatic carbocycles. The van der Waals surface area contributed by atoms with Crippen LogP contribution in [-0.2, 0) is 0 Å². The standard InChI is InChI=1S/C14H15FO/c1-10-3-6-14(9-11(10)2)16-13-7-4-12(15)5-8-13/h3-11H,1-2H3. The van der Waals surface area contributed by atoms with Crippen molar-refractivity contribution >= 4 is 0 Å². The van der Waals surface area contributed by atoms with Gasteiger partial charge >= 0.3 is 0 Å². The molecule has 0 saturated heterocycles. The third-order valence-electron chi connectivity index (χ3n) is 2.87. The Morgan fingerprint density at radius 1 is 1.06 bits per heavy atom. The number of rotatable bonds is 2. The normalized spacial score (nSPS) is 24.1. The second-order valence-corrected chi connectivity index (χ2v) is 4.20. The van der Waals surface area contributed by atoms with Crippen molar-refractivity contribution in [2.75, 3.05) is 0 Å². The summed E-state index contributed by atoms with van der Waals surface area (Å²) < 4.78 is 18.3. The molecule has 0 saturated carbocycles. The maximum atomic E-state index is 12.7. The largest absolute Gasteiger partial charge is 0.458 e. The Morgan fingerprint density at radius 2 is 1.75 bits per heavy atom. The maximum absolute atomic E-state index is 12.7. The van der Waals surface area contributed by atoms with Gasteiger partial charge in [0, 0.05) is 0 Å². The van der Waals surface area contributed by atoms with Crippen LogP contribution in [0.2, 0.25) is 0 Å². The molecule has 16 heavy (non-hydrogen) atoms. The Morgan fingerprint density at radius 3 is 2.38 bits per heavy atom. The van der Waals surface area contributed by atoms with Gasteiger partial charge in [-0.2, -0.15) is 0 Å². The second kappa shape index (κ2) is 4.52. The topological polar surface area (TPSA) is 9.23 Å². The Labute approximate surface area is 95.2 Å². The van der Waals surface area contributed by atoms with Gasteiger partial charge in [0.05, 0.1) is 0 Å². The van der Waals surface area contributed by atoms with Gasteiger partial charge in [0.1, 0.15) is 17.3 Å². The van der Waals surface area contributed by atoms with Crippen molar-refractivity contribution in [3.63, 3.8) is 0 Å². The molecule has 0 bridgehead atoms. The van der Waals surface area contributed by atoms with Crippen LogP contribution in [0.3, 0.4) is 0 Å². The summed E-state index contributed by atoms with van der Waals surface area (Å²) >= 11 is 0. The highest BCUT2D eigenvalue weighted by Gasteiger charge is 2.13. The lowest BCUT2D eigenvalue weighted by Gasteiger charge is -2.19. The predicted molar refractivity (Wildman–Crippen MR) is 62.6 cm³/mol. The summed E-state index contributed by atoms with van der Waals surface area (Å²) in [5, 5.41) is 0. The van der Waals surface area contributed by atoms with Gasteiger partial charge in [0.25, 0.3) is 0 Å². The predicted octanol–water partition coefficient (Wildman–Crippen LogP) is 3.93. The second-order valence-electron chi connectivity index (χ2n) is 4.20. The van der Waals surface area contributed by atoms with Crippen LogP contribution in [0.4, 0.5) is 4.39 Å². The molecule has 0 radical (unpaired) electrons. The summed E-state index contributed by atoms with van der Waals surface area (Å²) in [6.07, 6.45) is 6.19. The van der Waals surface area contributed by atoms with E-state index in [1.165, 1.54) is 12.1 Å². The number of allylic oxidation sites excluding steroid dienone is 3. The van der Waals surface area contributed by atoms with E-state index in [2.05, 4.69) is 26.0 Å². The molecule has 1 aromatic rings. The van der Waals surface area contributed by atoms with Crippen LogP contribution in [0, 0.1) is 17.7 Å². The highest BCUT2D eigenvalue weighted by molar-refractivity contribution is 5.29. The van der Waals surface area contributed by atoms with Crippen molar-refractivity contribution in [2.45, 2.75) is 13.8 Å². The minimum atomic E-state index is -0.248. The Bertz CT molecular complexity index is 417. The quantitative estimate of drug-likeness (QED) is 0.730. The molecule has 1 aromatic carbocycles. The Kier molecular flexibility index (Phi) is 3.09. The number of halogens is 1. The molecule has 2 heteroatoms. The Balaban J connectivity index is 2.08. The first kappa shape index (κ1) is 10.9. The summed E-state index contributed by atoms with van der Waals surface area (Å²) in [6, 6.07) is 6.06. The zero-order valence-corrected chi connectivity index (χ0v) is 9.48. The van der Waals surface area contributed by atoms with E-state index >= 15 is 0 Å². The molecule has 0 heterocycles. The summed E-state index contributed by atoms with van der Waals surface area (Å²) in [6.45, 7) is 4.33. The molecule has 1 aliphatic rings. The number of ether oxygens (including phenoxy) is 1. The smallest absolute Gasteiger partial charge is 0.127 e. The minimum Gasteiger partial charge on any atom is -0.458 e. The molecular weight excluding hydrogens is 203 g/mol. The van der Waals surface area contributed by atoms with E-state index in [-0.39, 0.29) is 5.82 Å². The van der Waals surface area contributed by atoms with Gasteiger partial charge < -0.3 is 4.74 Å². The summed E-state index contributed by atoms with van der Waals surface area (Å²) in [5.74, 6) is 2.26. The van der Waals surface area contributed by atoms with Crippen LogP contribution < -0.4 is 4.74 Å². The summed E-state index contributed by atoms with van der Waals surface area (Å²) in [5.41, 5.74) is 0. The fourth-order valence-electron chi connectivity index (χ4n) is 1.60. The van der Waals surface area contributed by atoms with Crippen molar-refractivity contribution < 1.29 is 9.13 Å². The monoisotopic (exact) mass is 218 g/mol. The maximum Gasteiger partial charge on any atom is 0.127 e. The van der Waals surface area contributed by atoms with Crippen LogP contribution in [-0.4, -0.2) is 0 Å². The molecule has 0 fully saturated rings. The van der Waals surface area contributed by atoms with Gasteiger partial charge in [-0.3, -0.25) is 0 Å². The van der Waals surface area contributed by atoms with Crippen molar-refractivity contribution in [1.29, 1.82) is 0 Å². The highest BCUT2D eigenvalue weighted by atomic mass is 19.1. The van der Waals surface area contributed by atoms with Gasteiger partial charge in [-0.1, -0.05) is 19.9 Å². The molecule has 2 atom stereocenters. The van der Waals surface area contributed by atoms with E-state index in [1.54, 1.807) is 12.1 Å². The SMILES string of the molecule is CC1C=CC(Oc2ccc(F)cc2)=CC1C. The van der Waals surface area contributed by atoms with Crippen LogP contribution in [0.15, 0.2) is 48.3 Å². The number of hydrogen-bond acceptors (Lipinski definition) is 1. The molecule has 2 unspecified atom stereocenters. The molecule has 0 amide bonds. The van der Waals surface area contributed by atoms with Crippen LogP contribution in [0.5, 0.6) is 5.75 Å². The highest BCUT2D eigenvalue weighted by Crippen LogP contribution is 2.24. The molecule has 2 rings (SSSR count). The van der Waals surface area contributed by atoms with E-state index in [0.29, 0.717) is 17.6 Å². The molecule has 0 N–H and O–H groups in total. The van der Waals surface area contributed by atoms with E-state index in [0.717, 1.165) is 5.76 Å². The van der Waals surface area contributed by atoms with Crippen molar-refractivity contribution in [1.82, 2.24) is 0 Å². The summed E-state index contributed by atoms with van der Waals surface area (Å²) in [4.78, 5) is 0. The summed E-state index contributed by atoms with van der Waals surface area (Å²) in [7, 11) is 0. The van der Waals surface area contributed by atoms with E-state index < -0.39 is 0 Å². The van der Waals surface area contributed by atoms with Gasteiger partial charge in [-0.25, -0.2) is 4.39 Å². The van der Waals surface area contributed by atoms with Crippen LogP contribution in [0.1, 0.15) is 13.8 Å². The van der Waals surface area contributed by atoms with E-state index in [1.807, 2.05) is 6.08 Å². The minimum absolute atomic E-state index is 0.248. The molecular formula is C14H15FO. The lowest BCUT2D eigenvalue weighted by molar-refractivity contribution is 0.417. The van der Waals surface area contributed by atoms with E-state index in [9.17, 15) is 4.39 Å². The fraction of sp³-hybridized carbons (Fsp3) is 0.286. The average Bonchev–Trinajstić information content (AvgIpc) is 2.27. The number of hydrogen-bond donors (Lipinski definition) is 0. The third-order valence-corrected chi connectivity index (χ3v) is 2.87. The first-order chi connectivity index (χ1) is 7.65. The molecule has 0 aliphatic heterocycles. The van der Waals surface area contributed by atoms with Crippen molar-refractivity contribution in [2.24, 2.45) is 11.8 Å². The zero-order valence-electron chi connectivity index (χ0n) is 9.48. The fourth-order valence-corrected chi connectivity index (χ4v) is 1.60. The van der Waals surface area contributed by atoms with Gasteiger partial charge in [0.2, 0.25) is 0 Å². The van der Waals surface area contributed by atoms with E-state index in [4.69, 9.17) is 4.74 Å². The third kappa shape index (κ3) is 2.51. The first-order valence-corrected chi connectivity index (χ1v) is 5.48. The lowest BCUT2D eigenvalue weighted by atomic mass is 9.91. The first-order valence-electron chi connectivity index (χ1n) is 5.48. The van der Waals surface area contributed by atoms with Gasteiger partial charge in [-0.15, -0.1) is 0 Å². The van der Waals surface area contributed by atoms with Crippen LogP contribution in [0.25, 0.3) is 0 Å². The lowest BCUT2D eigenvalue weighted by Crippen LogP contribution is -2.09. The Hall–Kier alpha value is -1.57.